The second-order valence-electron chi connectivity index (χ2n) is 1.97. The number of halogens is 6. The van der Waals surface area contributed by atoms with Crippen molar-refractivity contribution in [3.05, 3.63) is 0 Å². The summed E-state index contributed by atoms with van der Waals surface area (Å²) in [6.07, 6.45) is 0. The van der Waals surface area contributed by atoms with Gasteiger partial charge in [0.15, 0.2) is 13.2 Å². The van der Waals surface area contributed by atoms with E-state index < -0.39 is 19.5 Å². The van der Waals surface area contributed by atoms with E-state index in [1.807, 2.05) is 13.8 Å². The quantitative estimate of drug-likeness (QED) is 0.335. The average Bonchev–Trinajstić information content (AvgIpc) is 1.82. The predicted molar refractivity (Wildman–Crippen MR) is 40.6 cm³/mol. The summed E-state index contributed by atoms with van der Waals surface area (Å²) in [5, 5.41) is 0. The van der Waals surface area contributed by atoms with Gasteiger partial charge in [0.1, 0.15) is 0 Å². The molecule has 0 aromatic carbocycles. The Labute approximate surface area is 79.4 Å². The third kappa shape index (κ3) is 93.7. The molecule has 0 bridgehead atoms. The van der Waals surface area contributed by atoms with Gasteiger partial charge in [-0.2, -0.15) is 0 Å². The van der Waals surface area contributed by atoms with Gasteiger partial charge in [-0.05, 0) is 13.8 Å². The van der Waals surface area contributed by atoms with Crippen molar-refractivity contribution in [2.24, 2.45) is 0 Å². The normalized spacial score (nSPS) is 16.6. The van der Waals surface area contributed by atoms with Gasteiger partial charge in [0.05, 0.1) is 0 Å². The Kier molecular flexibility index (Phi) is 5.35. The molecule has 0 amide bonds. The van der Waals surface area contributed by atoms with Crippen LogP contribution in [0.3, 0.4) is 0 Å². The van der Waals surface area contributed by atoms with Crippen LogP contribution >= 0.6 is 0 Å². The van der Waals surface area contributed by atoms with Crippen LogP contribution < -0.4 is 0 Å². The molecule has 0 rings (SSSR count). The fourth-order valence-electron chi connectivity index (χ4n) is 0.184. The molecule has 14 heavy (non-hydrogen) atoms. The molecule has 0 aromatic heterocycles. The first-order chi connectivity index (χ1) is 5.86. The zero-order valence-electron chi connectivity index (χ0n) is 7.52. The van der Waals surface area contributed by atoms with Crippen LogP contribution in [-0.2, 0) is 9.16 Å². The topological polar surface area (TPSA) is 20.5 Å². The van der Waals surface area contributed by atoms with Gasteiger partial charge in [-0.1, -0.05) is 0 Å². The molecule has 0 radical (unpaired) electrons. The van der Waals surface area contributed by atoms with E-state index in [-0.39, 0.29) is 0 Å². The Morgan fingerprint density at radius 2 is 1.43 bits per heavy atom. The summed E-state index contributed by atoms with van der Waals surface area (Å²) in [4.78, 5) is 0. The Morgan fingerprint density at radius 1 is 1.07 bits per heavy atom. The zero-order chi connectivity index (χ0) is 11.9. The van der Waals surface area contributed by atoms with Crippen LogP contribution in [0.5, 0.6) is 0 Å². The molecule has 0 atom stereocenters. The van der Waals surface area contributed by atoms with Crippen molar-refractivity contribution in [1.29, 1.82) is 0 Å². The summed E-state index contributed by atoms with van der Waals surface area (Å²) in [6.45, 7) is 6.55. The molecule has 0 aliphatic carbocycles. The Morgan fingerprint density at radius 3 is 1.64 bits per heavy atom. The van der Waals surface area contributed by atoms with Gasteiger partial charge < -0.3 is 9.16 Å². The van der Waals surface area contributed by atoms with Crippen LogP contribution in [0.4, 0.5) is 16.9 Å². The molecule has 2 nitrogen and oxygen atoms in total. The molecule has 0 aliphatic heterocycles. The molecule has 90 valence electrons. The number of carbonyl (C=O) groups excluding carboxylic acids is 1. The second-order valence-corrected chi connectivity index (χ2v) is 7.44. The van der Waals surface area contributed by atoms with E-state index in [1.165, 1.54) is 6.47 Å². The number of ether oxygens (including phenoxy) is 1. The standard InChI is InChI=1S/C5H11O2.6FH.Sb/c1-3-6-5-7-4-2;;;;;;;/h5H,3-4H2,1-2H3;6*1H;/q+1;;;;;;;+5/p-6. The van der Waals surface area contributed by atoms with Crippen LogP contribution in [0, 0.1) is 0 Å². The molecular formula is C5H11F6O2Sb. The molecule has 0 fully saturated rings. The van der Waals surface area contributed by atoms with Gasteiger partial charge in [0, 0.05) is 0 Å². The maximum atomic E-state index is 9.93. The van der Waals surface area contributed by atoms with Gasteiger partial charge in [-0.15, -0.1) is 0 Å². The summed E-state index contributed by atoms with van der Waals surface area (Å²) in [5.74, 6) is 0. The van der Waals surface area contributed by atoms with Crippen molar-refractivity contribution < 1.29 is 26.0 Å². The summed E-state index contributed by atoms with van der Waals surface area (Å²) < 4.78 is 69.0. The summed E-state index contributed by atoms with van der Waals surface area (Å²) in [6, 6.07) is 0. The molecular weight excluding hydrogens is 328 g/mol. The molecule has 0 unspecified atom stereocenters. The molecule has 0 saturated heterocycles. The van der Waals surface area contributed by atoms with Gasteiger partial charge in [0.2, 0.25) is 0 Å². The van der Waals surface area contributed by atoms with E-state index >= 15 is 0 Å². The molecule has 9 heteroatoms. The van der Waals surface area contributed by atoms with Gasteiger partial charge in [-0.3, -0.25) is 0 Å². The van der Waals surface area contributed by atoms with E-state index in [4.69, 9.17) is 9.16 Å². The SMILES string of the molecule is CCOC=[O+]CC.[F][Sb-]([F])([F])([F])([F])[F]. The Bertz CT molecular complexity index is 170. The van der Waals surface area contributed by atoms with E-state index in [9.17, 15) is 16.9 Å². The van der Waals surface area contributed by atoms with Gasteiger partial charge in [-0.25, -0.2) is 0 Å². The maximum absolute atomic E-state index is 11.2. The summed E-state index contributed by atoms with van der Waals surface area (Å²) >= 11 is -11.2. The fourth-order valence-corrected chi connectivity index (χ4v) is 0.184. The number of hydrogen-bond donors (Lipinski definition) is 0. The van der Waals surface area contributed by atoms with Crippen molar-refractivity contribution in [2.75, 3.05) is 13.2 Å². The Hall–Kier alpha value is -0.132. The van der Waals surface area contributed by atoms with Crippen LogP contribution in [0.15, 0.2) is 0 Å². The van der Waals surface area contributed by atoms with Crippen molar-refractivity contribution >= 4 is 25.9 Å². The predicted octanol–water partition coefficient (Wildman–Crippen LogP) is 2.88. The van der Waals surface area contributed by atoms with E-state index in [2.05, 4.69) is 0 Å². The van der Waals surface area contributed by atoms with Crippen LogP contribution in [0.2, 0.25) is 0 Å². The van der Waals surface area contributed by atoms with E-state index in [0.29, 0.717) is 13.2 Å². The third-order valence-corrected chi connectivity index (χ3v) is 0.469. The first kappa shape index (κ1) is 16.3. The van der Waals surface area contributed by atoms with Crippen LogP contribution in [0.1, 0.15) is 13.8 Å². The van der Waals surface area contributed by atoms with Crippen molar-refractivity contribution in [3.63, 3.8) is 0 Å². The molecule has 0 heterocycles. The minimum absolute atomic E-state index is 0.681. The third-order valence-electron chi connectivity index (χ3n) is 0.469. The summed E-state index contributed by atoms with van der Waals surface area (Å²) in [7, 11) is 0. The second kappa shape index (κ2) is 4.59. The molecule has 0 spiro atoms. The summed E-state index contributed by atoms with van der Waals surface area (Å²) in [5.41, 5.74) is 0. The first-order valence-corrected chi connectivity index (χ1v) is 9.27. The molecule has 0 N–H and O–H groups in total. The van der Waals surface area contributed by atoms with Crippen molar-refractivity contribution in [3.8, 4) is 0 Å². The number of rotatable bonds is 3. The number of hydrogen-bond acceptors (Lipinski definition) is 1. The van der Waals surface area contributed by atoms with Crippen molar-refractivity contribution in [1.82, 2.24) is 0 Å². The molecule has 0 aromatic rings. The van der Waals surface area contributed by atoms with Crippen LogP contribution in [0.25, 0.3) is 0 Å². The monoisotopic (exact) mass is 338 g/mol. The van der Waals surface area contributed by atoms with Gasteiger partial charge >= 0.3 is 42.8 Å². The van der Waals surface area contributed by atoms with Crippen LogP contribution in [-0.4, -0.2) is 39.2 Å². The van der Waals surface area contributed by atoms with Crippen molar-refractivity contribution in [2.45, 2.75) is 13.8 Å². The zero-order valence-corrected chi connectivity index (χ0v) is 10.1. The molecule has 0 saturated carbocycles. The fraction of sp³-hybridized carbons (Fsp3) is 0.800. The van der Waals surface area contributed by atoms with E-state index in [0.717, 1.165) is 0 Å². The first-order valence-electron chi connectivity index (χ1n) is 3.48. The van der Waals surface area contributed by atoms with Gasteiger partial charge in [0.25, 0.3) is 0 Å². The minimum atomic E-state index is -11.2. The molecule has 0 aliphatic rings. The average molecular weight is 339 g/mol. The Balaban J connectivity index is 0. The van der Waals surface area contributed by atoms with E-state index in [1.54, 1.807) is 0 Å².